The van der Waals surface area contributed by atoms with Crippen LogP contribution in [0.25, 0.3) is 0 Å². The zero-order valence-corrected chi connectivity index (χ0v) is 12.2. The number of esters is 1. The number of nitrogens with zero attached hydrogens (tertiary/aromatic N) is 1. The molecule has 3 rings (SSSR count). The van der Waals surface area contributed by atoms with Crippen molar-refractivity contribution in [2.24, 2.45) is 5.41 Å². The van der Waals surface area contributed by atoms with Gasteiger partial charge in [-0.1, -0.05) is 0 Å². The summed E-state index contributed by atoms with van der Waals surface area (Å²) < 4.78 is 5.03. The molecule has 1 amide bonds. The van der Waals surface area contributed by atoms with Crippen LogP contribution in [0.4, 0.5) is 0 Å². The molecule has 0 aromatic rings. The van der Waals surface area contributed by atoms with E-state index in [0.29, 0.717) is 11.6 Å². The highest BCUT2D eigenvalue weighted by atomic mass is 16.5. The number of ether oxygens (including phenoxy) is 1. The van der Waals surface area contributed by atoms with E-state index >= 15 is 0 Å². The van der Waals surface area contributed by atoms with Crippen molar-refractivity contribution in [3.05, 3.63) is 11.3 Å². The molecule has 110 valence electrons. The molecule has 0 unspecified atom stereocenters. The van der Waals surface area contributed by atoms with Gasteiger partial charge in [-0.15, -0.1) is 0 Å². The fourth-order valence-corrected chi connectivity index (χ4v) is 3.75. The third-order valence-corrected chi connectivity index (χ3v) is 5.27. The van der Waals surface area contributed by atoms with Gasteiger partial charge < -0.3 is 15.0 Å². The molecule has 2 fully saturated rings. The van der Waals surface area contributed by atoms with Crippen LogP contribution >= 0.6 is 0 Å². The van der Waals surface area contributed by atoms with Gasteiger partial charge in [0.05, 0.1) is 16.7 Å². The number of amides is 1. The SMILES string of the molecule is CNC1CCC2(CC1)CCN(C1=C(C)C(=O)OC1)C2=O. The van der Waals surface area contributed by atoms with E-state index in [1.807, 2.05) is 7.05 Å². The van der Waals surface area contributed by atoms with Crippen LogP contribution in [-0.4, -0.2) is 43.0 Å². The minimum Gasteiger partial charge on any atom is -0.456 e. The zero-order valence-electron chi connectivity index (χ0n) is 12.2. The largest absolute Gasteiger partial charge is 0.456 e. The Morgan fingerprint density at radius 1 is 1.25 bits per heavy atom. The maximum absolute atomic E-state index is 12.8. The highest BCUT2D eigenvalue weighted by molar-refractivity contribution is 5.94. The quantitative estimate of drug-likeness (QED) is 0.771. The molecule has 1 spiro atoms. The number of likely N-dealkylation sites (tertiary alicyclic amines) is 1. The second-order valence-corrected chi connectivity index (χ2v) is 6.20. The van der Waals surface area contributed by atoms with E-state index in [-0.39, 0.29) is 23.9 Å². The zero-order chi connectivity index (χ0) is 14.3. The van der Waals surface area contributed by atoms with Crippen LogP contribution in [0.1, 0.15) is 39.0 Å². The molecule has 1 saturated carbocycles. The lowest BCUT2D eigenvalue weighted by atomic mass is 9.71. The van der Waals surface area contributed by atoms with Crippen LogP contribution in [0.15, 0.2) is 11.3 Å². The Morgan fingerprint density at radius 2 is 1.95 bits per heavy atom. The molecule has 0 atom stereocenters. The summed E-state index contributed by atoms with van der Waals surface area (Å²) in [5.41, 5.74) is 1.19. The van der Waals surface area contributed by atoms with Crippen molar-refractivity contribution in [3.8, 4) is 0 Å². The van der Waals surface area contributed by atoms with Crippen molar-refractivity contribution in [2.45, 2.75) is 45.1 Å². The molecule has 1 aliphatic carbocycles. The number of hydrogen-bond donors (Lipinski definition) is 1. The van der Waals surface area contributed by atoms with Crippen LogP contribution in [0.2, 0.25) is 0 Å². The molecule has 2 heterocycles. The summed E-state index contributed by atoms with van der Waals surface area (Å²) in [6.07, 6.45) is 4.93. The maximum Gasteiger partial charge on any atom is 0.336 e. The Kier molecular flexibility index (Phi) is 3.32. The van der Waals surface area contributed by atoms with Gasteiger partial charge in [-0.3, -0.25) is 4.79 Å². The number of carbonyl (C=O) groups excluding carboxylic acids is 2. The van der Waals surface area contributed by atoms with Crippen molar-refractivity contribution in [2.75, 3.05) is 20.2 Å². The summed E-state index contributed by atoms with van der Waals surface area (Å²) in [5, 5.41) is 3.31. The third-order valence-electron chi connectivity index (χ3n) is 5.27. The van der Waals surface area contributed by atoms with E-state index in [0.717, 1.165) is 44.3 Å². The molecule has 1 N–H and O–H groups in total. The number of cyclic esters (lactones) is 1. The van der Waals surface area contributed by atoms with Gasteiger partial charge in [0.1, 0.15) is 6.61 Å². The second-order valence-electron chi connectivity index (χ2n) is 6.20. The average Bonchev–Trinajstić information content (AvgIpc) is 2.95. The van der Waals surface area contributed by atoms with Crippen molar-refractivity contribution < 1.29 is 14.3 Å². The van der Waals surface area contributed by atoms with Gasteiger partial charge in [-0.05, 0) is 46.1 Å². The molecule has 20 heavy (non-hydrogen) atoms. The second kappa shape index (κ2) is 4.88. The monoisotopic (exact) mass is 278 g/mol. The summed E-state index contributed by atoms with van der Waals surface area (Å²) in [7, 11) is 1.99. The molecule has 1 saturated heterocycles. The van der Waals surface area contributed by atoms with Gasteiger partial charge in [0.2, 0.25) is 5.91 Å². The van der Waals surface area contributed by atoms with Gasteiger partial charge >= 0.3 is 5.97 Å². The van der Waals surface area contributed by atoms with E-state index < -0.39 is 0 Å². The van der Waals surface area contributed by atoms with Gasteiger partial charge in [-0.2, -0.15) is 0 Å². The topological polar surface area (TPSA) is 58.6 Å². The van der Waals surface area contributed by atoms with Crippen molar-refractivity contribution in [1.29, 1.82) is 0 Å². The predicted molar refractivity (Wildman–Crippen MR) is 73.7 cm³/mol. The van der Waals surface area contributed by atoms with E-state index in [1.165, 1.54) is 0 Å². The lowest BCUT2D eigenvalue weighted by Gasteiger charge is -2.35. The van der Waals surface area contributed by atoms with Crippen LogP contribution in [0, 0.1) is 5.41 Å². The molecular formula is C15H22N2O3. The number of hydrogen-bond acceptors (Lipinski definition) is 4. The summed E-state index contributed by atoms with van der Waals surface area (Å²) >= 11 is 0. The number of nitrogens with one attached hydrogen (secondary N) is 1. The maximum atomic E-state index is 12.8. The molecule has 2 aliphatic heterocycles. The molecule has 5 heteroatoms. The van der Waals surface area contributed by atoms with Crippen LogP contribution in [0.5, 0.6) is 0 Å². The first-order valence-corrected chi connectivity index (χ1v) is 7.43. The fraction of sp³-hybridized carbons (Fsp3) is 0.733. The summed E-state index contributed by atoms with van der Waals surface area (Å²) in [4.78, 5) is 26.1. The van der Waals surface area contributed by atoms with Crippen LogP contribution in [-0.2, 0) is 14.3 Å². The molecule has 5 nitrogen and oxygen atoms in total. The highest BCUT2D eigenvalue weighted by Gasteiger charge is 2.49. The smallest absolute Gasteiger partial charge is 0.336 e. The van der Waals surface area contributed by atoms with E-state index in [2.05, 4.69) is 5.32 Å². The van der Waals surface area contributed by atoms with Gasteiger partial charge in [0.15, 0.2) is 0 Å². The lowest BCUT2D eigenvalue weighted by molar-refractivity contribution is -0.138. The Labute approximate surface area is 119 Å². The average molecular weight is 278 g/mol. The predicted octanol–water partition coefficient (Wildman–Crippen LogP) is 1.20. The first-order chi connectivity index (χ1) is 9.57. The molecular weight excluding hydrogens is 256 g/mol. The first-order valence-electron chi connectivity index (χ1n) is 7.43. The molecule has 3 aliphatic rings. The molecule has 0 radical (unpaired) electrons. The van der Waals surface area contributed by atoms with Crippen molar-refractivity contribution in [1.82, 2.24) is 10.2 Å². The highest BCUT2D eigenvalue weighted by Crippen LogP contribution is 2.46. The first kappa shape index (κ1) is 13.6. The lowest BCUT2D eigenvalue weighted by Crippen LogP contribution is -2.41. The van der Waals surface area contributed by atoms with E-state index in [9.17, 15) is 9.59 Å². The van der Waals surface area contributed by atoms with Gasteiger partial charge in [-0.25, -0.2) is 4.79 Å². The van der Waals surface area contributed by atoms with Gasteiger partial charge in [0, 0.05) is 12.6 Å². The van der Waals surface area contributed by atoms with Crippen molar-refractivity contribution >= 4 is 11.9 Å². The minimum absolute atomic E-state index is 0.188. The number of rotatable bonds is 2. The van der Waals surface area contributed by atoms with Gasteiger partial charge in [0.25, 0.3) is 0 Å². The van der Waals surface area contributed by atoms with Crippen LogP contribution < -0.4 is 5.32 Å². The third kappa shape index (κ3) is 1.95. The standard InChI is InChI=1S/C15H22N2O3/c1-10-12(9-20-13(10)18)17-8-7-15(14(17)19)5-3-11(16-2)4-6-15/h11,16H,3-9H2,1-2H3. The minimum atomic E-state index is -0.285. The van der Waals surface area contributed by atoms with E-state index in [1.54, 1.807) is 11.8 Å². The molecule has 0 bridgehead atoms. The normalized spacial score (nSPS) is 34.3. The van der Waals surface area contributed by atoms with Crippen LogP contribution in [0.3, 0.4) is 0 Å². The van der Waals surface area contributed by atoms with E-state index in [4.69, 9.17) is 4.74 Å². The summed E-state index contributed by atoms with van der Waals surface area (Å²) in [6.45, 7) is 2.73. The number of carbonyl (C=O) groups is 2. The fourth-order valence-electron chi connectivity index (χ4n) is 3.75. The Balaban J connectivity index is 1.77. The Bertz CT molecular complexity index is 476. The Morgan fingerprint density at radius 3 is 2.50 bits per heavy atom. The Hall–Kier alpha value is -1.36. The molecule has 0 aromatic heterocycles. The summed E-state index contributed by atoms with van der Waals surface area (Å²) in [5.74, 6) is -0.0765. The summed E-state index contributed by atoms with van der Waals surface area (Å²) in [6, 6.07) is 0.541. The van der Waals surface area contributed by atoms with Crippen molar-refractivity contribution in [3.63, 3.8) is 0 Å². The molecule has 0 aromatic carbocycles.